The lowest BCUT2D eigenvalue weighted by atomic mass is 10.0. The van der Waals surface area contributed by atoms with Gasteiger partial charge < -0.3 is 19.7 Å². The van der Waals surface area contributed by atoms with E-state index in [1.807, 2.05) is 54.6 Å². The van der Waals surface area contributed by atoms with E-state index in [9.17, 15) is 18.0 Å². The van der Waals surface area contributed by atoms with E-state index in [-0.39, 0.29) is 44.5 Å². The van der Waals surface area contributed by atoms with Gasteiger partial charge in [0.05, 0.1) is 11.9 Å². The molecular formula is C32H38BrN3O6S. The van der Waals surface area contributed by atoms with E-state index >= 15 is 0 Å². The highest BCUT2D eigenvalue weighted by Gasteiger charge is 2.30. The van der Waals surface area contributed by atoms with Crippen molar-refractivity contribution in [2.45, 2.75) is 51.6 Å². The second-order valence-electron chi connectivity index (χ2n) is 10.5. The van der Waals surface area contributed by atoms with Crippen LogP contribution in [0.5, 0.6) is 11.5 Å². The zero-order valence-electron chi connectivity index (χ0n) is 24.5. The number of benzene rings is 3. The van der Waals surface area contributed by atoms with Crippen LogP contribution in [0.25, 0.3) is 0 Å². The number of carbonyl (C=O) groups is 2. The summed E-state index contributed by atoms with van der Waals surface area (Å²) in [5.74, 6) is 0.591. The van der Waals surface area contributed by atoms with Crippen LogP contribution in [0.2, 0.25) is 0 Å². The maximum atomic E-state index is 13.9. The normalized spacial score (nSPS) is 12.9. The fourth-order valence-corrected chi connectivity index (χ4v) is 6.11. The molecule has 1 N–H and O–H groups in total. The third kappa shape index (κ3) is 9.21. The van der Waals surface area contributed by atoms with Crippen LogP contribution in [0, 0.1) is 0 Å². The van der Waals surface area contributed by atoms with Crippen LogP contribution in [0.3, 0.4) is 0 Å². The average Bonchev–Trinajstić information content (AvgIpc) is 3.46. The van der Waals surface area contributed by atoms with Crippen LogP contribution < -0.4 is 19.1 Å². The molecule has 0 saturated carbocycles. The molecule has 230 valence electrons. The van der Waals surface area contributed by atoms with E-state index in [2.05, 4.69) is 28.2 Å². The number of anilines is 1. The SMILES string of the molecule is CCCCNC(=O)[C@@H](Cc1ccccc1)N(Cc1ccc(Br)cc1)C(=O)CCCN(c1ccc2c(c1)OCO2)S(C)(=O)=O. The van der Waals surface area contributed by atoms with Crippen molar-refractivity contribution in [3.05, 3.63) is 88.4 Å². The molecule has 0 bridgehead atoms. The first-order valence-corrected chi connectivity index (χ1v) is 17.0. The number of amides is 2. The molecule has 0 aromatic heterocycles. The van der Waals surface area contributed by atoms with Gasteiger partial charge in [-0.3, -0.25) is 13.9 Å². The molecule has 0 saturated heterocycles. The van der Waals surface area contributed by atoms with Crippen LogP contribution in [0.4, 0.5) is 5.69 Å². The van der Waals surface area contributed by atoms with E-state index in [1.54, 1.807) is 23.1 Å². The minimum absolute atomic E-state index is 0.0562. The van der Waals surface area contributed by atoms with Crippen LogP contribution in [0.15, 0.2) is 77.3 Å². The number of sulfonamides is 1. The Kier molecular flexibility index (Phi) is 11.5. The molecule has 1 aliphatic rings. The molecule has 11 heteroatoms. The number of carbonyl (C=O) groups excluding carboxylic acids is 2. The first-order valence-electron chi connectivity index (χ1n) is 14.4. The maximum Gasteiger partial charge on any atom is 0.243 e. The van der Waals surface area contributed by atoms with E-state index in [0.717, 1.165) is 34.7 Å². The second-order valence-corrected chi connectivity index (χ2v) is 13.3. The molecule has 9 nitrogen and oxygen atoms in total. The average molecular weight is 673 g/mol. The Morgan fingerprint density at radius 1 is 0.953 bits per heavy atom. The van der Waals surface area contributed by atoms with Crippen molar-refractivity contribution in [1.82, 2.24) is 10.2 Å². The van der Waals surface area contributed by atoms with Crippen LogP contribution in [-0.2, 0) is 32.6 Å². The molecule has 3 aromatic carbocycles. The highest BCUT2D eigenvalue weighted by molar-refractivity contribution is 9.10. The monoisotopic (exact) mass is 671 g/mol. The predicted molar refractivity (Wildman–Crippen MR) is 171 cm³/mol. The summed E-state index contributed by atoms with van der Waals surface area (Å²) in [6, 6.07) is 21.5. The summed E-state index contributed by atoms with van der Waals surface area (Å²) >= 11 is 3.46. The molecule has 43 heavy (non-hydrogen) atoms. The molecule has 0 spiro atoms. The lowest BCUT2D eigenvalue weighted by Crippen LogP contribution is -2.50. The third-order valence-electron chi connectivity index (χ3n) is 7.16. The van der Waals surface area contributed by atoms with Gasteiger partial charge in [0.1, 0.15) is 6.04 Å². The number of unbranched alkanes of at least 4 members (excludes halogenated alkanes) is 1. The minimum Gasteiger partial charge on any atom is -0.454 e. The van der Waals surface area contributed by atoms with E-state index in [4.69, 9.17) is 9.47 Å². The molecule has 0 radical (unpaired) electrons. The number of hydrogen-bond acceptors (Lipinski definition) is 6. The number of halogens is 1. The van der Waals surface area contributed by atoms with Crippen LogP contribution in [-0.4, -0.2) is 57.3 Å². The van der Waals surface area contributed by atoms with Gasteiger partial charge in [-0.1, -0.05) is 71.7 Å². The molecule has 1 aliphatic heterocycles. The number of hydrogen-bond donors (Lipinski definition) is 1. The van der Waals surface area contributed by atoms with Crippen molar-refractivity contribution in [1.29, 1.82) is 0 Å². The summed E-state index contributed by atoms with van der Waals surface area (Å²) in [6.07, 6.45) is 3.58. The van der Waals surface area contributed by atoms with Gasteiger partial charge in [-0.05, 0) is 48.2 Å². The minimum atomic E-state index is -3.65. The molecule has 2 amide bonds. The van der Waals surface area contributed by atoms with E-state index in [1.165, 1.54) is 4.31 Å². The Balaban J connectivity index is 1.56. The van der Waals surface area contributed by atoms with E-state index < -0.39 is 16.1 Å². The fourth-order valence-electron chi connectivity index (χ4n) is 4.89. The summed E-state index contributed by atoms with van der Waals surface area (Å²) in [6.45, 7) is 2.99. The first kappa shape index (κ1) is 32.3. The summed E-state index contributed by atoms with van der Waals surface area (Å²) in [5.41, 5.74) is 2.26. The Labute approximate surface area is 262 Å². The van der Waals surface area contributed by atoms with Gasteiger partial charge >= 0.3 is 0 Å². The summed E-state index contributed by atoms with van der Waals surface area (Å²) in [5, 5.41) is 3.02. The van der Waals surface area contributed by atoms with Crippen LogP contribution in [0.1, 0.15) is 43.7 Å². The molecule has 3 aromatic rings. The molecule has 1 atom stereocenters. The van der Waals surface area contributed by atoms with Crippen molar-refractivity contribution in [3.63, 3.8) is 0 Å². The molecule has 0 aliphatic carbocycles. The van der Waals surface area contributed by atoms with Crippen LogP contribution >= 0.6 is 15.9 Å². The Hall–Kier alpha value is -3.57. The number of nitrogens with one attached hydrogen (secondary N) is 1. The Morgan fingerprint density at radius 2 is 1.67 bits per heavy atom. The zero-order chi connectivity index (χ0) is 30.8. The van der Waals surface area contributed by atoms with Gasteiger partial charge in [0.2, 0.25) is 28.6 Å². The van der Waals surface area contributed by atoms with Gasteiger partial charge in [-0.25, -0.2) is 8.42 Å². The van der Waals surface area contributed by atoms with Gasteiger partial charge in [0.15, 0.2) is 11.5 Å². The topological polar surface area (TPSA) is 105 Å². The van der Waals surface area contributed by atoms with Crippen molar-refractivity contribution in [2.75, 3.05) is 30.4 Å². The molecule has 4 rings (SSSR count). The Morgan fingerprint density at radius 3 is 2.37 bits per heavy atom. The third-order valence-corrected chi connectivity index (χ3v) is 8.89. The predicted octanol–water partition coefficient (Wildman–Crippen LogP) is 5.28. The summed E-state index contributed by atoms with van der Waals surface area (Å²) in [7, 11) is -3.65. The standard InChI is InChI=1S/C32H38BrN3O6S/c1-3-4-18-34-32(38)28(20-24-9-6-5-7-10-24)35(22-25-12-14-26(33)15-13-25)31(37)11-8-19-36(43(2,39)40)27-16-17-29-30(21-27)42-23-41-29/h5-7,9-10,12-17,21,28H,3-4,8,11,18-20,22-23H2,1-2H3,(H,34,38)/t28-/m1/s1. The lowest BCUT2D eigenvalue weighted by Gasteiger charge is -2.32. The zero-order valence-corrected chi connectivity index (χ0v) is 26.9. The van der Waals surface area contributed by atoms with Crippen molar-refractivity contribution in [2.24, 2.45) is 0 Å². The smallest absolute Gasteiger partial charge is 0.243 e. The Bertz CT molecular complexity index is 1480. The van der Waals surface area contributed by atoms with Crippen molar-refractivity contribution >= 4 is 43.5 Å². The summed E-state index contributed by atoms with van der Waals surface area (Å²) in [4.78, 5) is 29.1. The molecule has 1 heterocycles. The maximum absolute atomic E-state index is 13.9. The fraction of sp³-hybridized carbons (Fsp3) is 0.375. The van der Waals surface area contributed by atoms with Gasteiger partial charge in [0.25, 0.3) is 0 Å². The number of fused-ring (bicyclic) bond motifs is 1. The molecule has 0 fully saturated rings. The molecule has 0 unspecified atom stereocenters. The second kappa shape index (κ2) is 15.2. The number of nitrogens with zero attached hydrogens (tertiary/aromatic N) is 2. The largest absolute Gasteiger partial charge is 0.454 e. The van der Waals surface area contributed by atoms with Crippen molar-refractivity contribution in [3.8, 4) is 11.5 Å². The number of rotatable bonds is 15. The van der Waals surface area contributed by atoms with Gasteiger partial charge in [0, 0.05) is 43.0 Å². The molecular weight excluding hydrogens is 634 g/mol. The number of ether oxygens (including phenoxy) is 2. The van der Waals surface area contributed by atoms with Gasteiger partial charge in [-0.15, -0.1) is 0 Å². The highest BCUT2D eigenvalue weighted by atomic mass is 79.9. The lowest BCUT2D eigenvalue weighted by molar-refractivity contribution is -0.141. The van der Waals surface area contributed by atoms with Gasteiger partial charge in [-0.2, -0.15) is 0 Å². The highest BCUT2D eigenvalue weighted by Crippen LogP contribution is 2.36. The van der Waals surface area contributed by atoms with Crippen molar-refractivity contribution < 1.29 is 27.5 Å². The van der Waals surface area contributed by atoms with E-state index in [0.29, 0.717) is 30.2 Å². The quantitative estimate of drug-likeness (QED) is 0.221. The summed E-state index contributed by atoms with van der Waals surface area (Å²) < 4.78 is 38.4. The first-order chi connectivity index (χ1) is 20.7.